The van der Waals surface area contributed by atoms with Crippen LogP contribution in [0.2, 0.25) is 0 Å². The van der Waals surface area contributed by atoms with Crippen molar-refractivity contribution in [1.82, 2.24) is 20.0 Å². The summed E-state index contributed by atoms with van der Waals surface area (Å²) >= 11 is 0. The van der Waals surface area contributed by atoms with Gasteiger partial charge in [0.05, 0.1) is 17.3 Å². The van der Waals surface area contributed by atoms with E-state index in [0.29, 0.717) is 29.2 Å². The Hall–Kier alpha value is -3.69. The number of carbonyl (C=O) groups is 2. The Labute approximate surface area is 220 Å². The number of nitrogens with one attached hydrogen (secondary N) is 2. The van der Waals surface area contributed by atoms with Crippen LogP contribution in [0.4, 0.5) is 13.6 Å². The summed E-state index contributed by atoms with van der Waals surface area (Å²) in [5.41, 5.74) is 1.13. The van der Waals surface area contributed by atoms with Gasteiger partial charge in [-0.3, -0.25) is 9.20 Å². The number of aromatic nitrogens is 2. The van der Waals surface area contributed by atoms with Crippen molar-refractivity contribution in [3.05, 3.63) is 64.6 Å². The summed E-state index contributed by atoms with van der Waals surface area (Å²) in [4.78, 5) is 30.4. The molecule has 1 aromatic carbocycles. The van der Waals surface area contributed by atoms with Gasteiger partial charge in [-0.1, -0.05) is 18.9 Å². The molecule has 2 amide bonds. The highest BCUT2D eigenvalue weighted by Crippen LogP contribution is 2.27. The molecule has 0 saturated heterocycles. The minimum atomic E-state index is -0.699. The number of hydrogen-bond acceptors (Lipinski definition) is 5. The standard InChI is InChI=1S/C28H34F2N4O4/c1-16-13-23(37-15-18-19(29)9-8-10-20(18)30)25-31-17(2)24(34(25)14-16)26(35)32-21-11-6-7-12-22(21)33-27(36)38-28(3,4)5/h8-10,13-14,21-22H,6-7,11-12,15H2,1-5H3,(H,32,35)(H,33,36)/t21-,22-/m1/s1. The molecule has 1 aliphatic rings. The maximum atomic E-state index is 14.1. The number of benzene rings is 1. The number of halogens is 2. The lowest BCUT2D eigenvalue weighted by atomic mass is 9.90. The van der Waals surface area contributed by atoms with Crippen LogP contribution in [-0.2, 0) is 11.3 Å². The quantitative estimate of drug-likeness (QED) is 0.449. The molecule has 0 radical (unpaired) electrons. The summed E-state index contributed by atoms with van der Waals surface area (Å²) in [7, 11) is 0. The average Bonchev–Trinajstić information content (AvgIpc) is 3.14. The van der Waals surface area contributed by atoms with Crippen LogP contribution in [0.1, 0.15) is 73.8 Å². The second-order valence-corrected chi connectivity index (χ2v) is 10.7. The first-order valence-electron chi connectivity index (χ1n) is 12.8. The normalized spacial score (nSPS) is 17.8. The summed E-state index contributed by atoms with van der Waals surface area (Å²) in [5.74, 6) is -1.43. The second-order valence-electron chi connectivity index (χ2n) is 10.7. The monoisotopic (exact) mass is 528 g/mol. The van der Waals surface area contributed by atoms with Crippen LogP contribution >= 0.6 is 0 Å². The average molecular weight is 529 g/mol. The molecule has 204 valence electrons. The number of hydrogen-bond donors (Lipinski definition) is 2. The minimum absolute atomic E-state index is 0.186. The molecular formula is C28H34F2N4O4. The molecule has 0 bridgehead atoms. The first-order chi connectivity index (χ1) is 17.9. The SMILES string of the molecule is Cc1cc(OCc2c(F)cccc2F)c2nc(C)c(C(=O)N[C@@H]3CCCC[C@H]3NC(=O)OC(C)(C)C)n2c1. The molecule has 0 spiro atoms. The number of rotatable bonds is 6. The lowest BCUT2D eigenvalue weighted by Crippen LogP contribution is -2.54. The highest BCUT2D eigenvalue weighted by molar-refractivity contribution is 5.95. The van der Waals surface area contributed by atoms with Crippen molar-refractivity contribution < 1.29 is 27.8 Å². The Balaban J connectivity index is 1.56. The third-order valence-electron chi connectivity index (χ3n) is 6.43. The molecule has 38 heavy (non-hydrogen) atoms. The zero-order valence-electron chi connectivity index (χ0n) is 22.4. The molecule has 2 N–H and O–H groups in total. The number of ether oxygens (including phenoxy) is 2. The maximum Gasteiger partial charge on any atom is 0.407 e. The Kier molecular flexibility index (Phi) is 7.89. The number of imidazole rings is 1. The van der Waals surface area contributed by atoms with Gasteiger partial charge in [-0.25, -0.2) is 18.6 Å². The van der Waals surface area contributed by atoms with Crippen LogP contribution in [0.25, 0.3) is 5.65 Å². The number of fused-ring (bicyclic) bond motifs is 1. The summed E-state index contributed by atoms with van der Waals surface area (Å²) in [6.07, 6.45) is 4.54. The molecule has 8 nitrogen and oxygen atoms in total. The number of pyridine rings is 1. The van der Waals surface area contributed by atoms with E-state index in [1.807, 2.05) is 6.92 Å². The molecule has 0 aliphatic heterocycles. The largest absolute Gasteiger partial charge is 0.485 e. The third-order valence-corrected chi connectivity index (χ3v) is 6.43. The zero-order chi connectivity index (χ0) is 27.6. The Morgan fingerprint density at radius 1 is 1.08 bits per heavy atom. The lowest BCUT2D eigenvalue weighted by Gasteiger charge is -2.33. The van der Waals surface area contributed by atoms with Crippen molar-refractivity contribution in [3.8, 4) is 5.75 Å². The van der Waals surface area contributed by atoms with Crippen molar-refractivity contribution in [2.24, 2.45) is 0 Å². The second kappa shape index (κ2) is 11.0. The van der Waals surface area contributed by atoms with Crippen molar-refractivity contribution >= 4 is 17.6 Å². The molecule has 4 rings (SSSR count). The van der Waals surface area contributed by atoms with Gasteiger partial charge >= 0.3 is 6.09 Å². The molecule has 2 aromatic heterocycles. The van der Waals surface area contributed by atoms with Gasteiger partial charge in [0, 0.05) is 12.2 Å². The minimum Gasteiger partial charge on any atom is -0.485 e. The molecule has 3 aromatic rings. The van der Waals surface area contributed by atoms with Gasteiger partial charge in [0.25, 0.3) is 5.91 Å². The Bertz CT molecular complexity index is 1330. The topological polar surface area (TPSA) is 94.0 Å². The molecule has 10 heteroatoms. The summed E-state index contributed by atoms with van der Waals surface area (Å²) < 4.78 is 41.0. The Morgan fingerprint density at radius 2 is 1.71 bits per heavy atom. The molecule has 1 aliphatic carbocycles. The van der Waals surface area contributed by atoms with Gasteiger partial charge in [-0.05, 0) is 71.2 Å². The van der Waals surface area contributed by atoms with Gasteiger partial charge < -0.3 is 20.1 Å². The summed E-state index contributed by atoms with van der Waals surface area (Å²) in [6, 6.07) is 4.81. The van der Waals surface area contributed by atoms with Crippen LogP contribution in [0.5, 0.6) is 5.75 Å². The van der Waals surface area contributed by atoms with E-state index in [2.05, 4.69) is 15.6 Å². The fourth-order valence-corrected chi connectivity index (χ4v) is 4.73. The molecular weight excluding hydrogens is 494 g/mol. The summed E-state index contributed by atoms with van der Waals surface area (Å²) in [5, 5.41) is 5.98. The van der Waals surface area contributed by atoms with Gasteiger partial charge in [-0.2, -0.15) is 0 Å². The van der Waals surface area contributed by atoms with E-state index in [1.54, 1.807) is 44.4 Å². The van der Waals surface area contributed by atoms with Crippen molar-refractivity contribution in [3.63, 3.8) is 0 Å². The number of alkyl carbamates (subject to hydrolysis) is 1. The van der Waals surface area contributed by atoms with Crippen molar-refractivity contribution in [2.45, 2.75) is 84.6 Å². The number of amides is 2. The molecule has 2 atom stereocenters. The van der Waals surface area contributed by atoms with Crippen LogP contribution < -0.4 is 15.4 Å². The maximum absolute atomic E-state index is 14.1. The van der Waals surface area contributed by atoms with E-state index >= 15 is 0 Å². The number of carbonyl (C=O) groups excluding carboxylic acids is 2. The highest BCUT2D eigenvalue weighted by atomic mass is 19.1. The number of aryl methyl sites for hydroxylation is 2. The molecule has 1 saturated carbocycles. The van der Waals surface area contributed by atoms with Crippen molar-refractivity contribution in [2.75, 3.05) is 0 Å². The van der Waals surface area contributed by atoms with Crippen LogP contribution in [0.15, 0.2) is 30.5 Å². The smallest absolute Gasteiger partial charge is 0.407 e. The van der Waals surface area contributed by atoms with E-state index in [4.69, 9.17) is 9.47 Å². The van der Waals surface area contributed by atoms with E-state index in [9.17, 15) is 18.4 Å². The fourth-order valence-electron chi connectivity index (χ4n) is 4.73. The first-order valence-corrected chi connectivity index (χ1v) is 12.8. The molecule has 1 fully saturated rings. The highest BCUT2D eigenvalue weighted by Gasteiger charge is 2.31. The molecule has 2 heterocycles. The van der Waals surface area contributed by atoms with Crippen LogP contribution in [0, 0.1) is 25.5 Å². The van der Waals surface area contributed by atoms with Gasteiger partial charge in [0.15, 0.2) is 11.4 Å². The summed E-state index contributed by atoms with van der Waals surface area (Å²) in [6.45, 7) is 8.61. The Morgan fingerprint density at radius 3 is 2.34 bits per heavy atom. The fraction of sp³-hybridized carbons (Fsp3) is 0.464. The predicted octanol–water partition coefficient (Wildman–Crippen LogP) is 5.37. The lowest BCUT2D eigenvalue weighted by molar-refractivity contribution is 0.0474. The van der Waals surface area contributed by atoms with E-state index in [-0.39, 0.29) is 30.2 Å². The predicted molar refractivity (Wildman–Crippen MR) is 138 cm³/mol. The van der Waals surface area contributed by atoms with Gasteiger partial charge in [0.2, 0.25) is 0 Å². The van der Waals surface area contributed by atoms with E-state index in [0.717, 1.165) is 24.8 Å². The molecule has 0 unspecified atom stereocenters. The van der Waals surface area contributed by atoms with Crippen LogP contribution in [0.3, 0.4) is 0 Å². The van der Waals surface area contributed by atoms with Gasteiger partial charge in [-0.15, -0.1) is 0 Å². The third kappa shape index (κ3) is 6.23. The zero-order valence-corrected chi connectivity index (χ0v) is 22.4. The first kappa shape index (κ1) is 27.3. The van der Waals surface area contributed by atoms with E-state index < -0.39 is 23.3 Å². The van der Waals surface area contributed by atoms with Gasteiger partial charge in [0.1, 0.15) is 29.5 Å². The number of nitrogens with zero attached hydrogens (tertiary/aromatic N) is 2. The van der Waals surface area contributed by atoms with Crippen molar-refractivity contribution in [1.29, 1.82) is 0 Å². The van der Waals surface area contributed by atoms with Crippen LogP contribution in [-0.4, -0.2) is 39.1 Å². The van der Waals surface area contributed by atoms with E-state index in [1.165, 1.54) is 18.2 Å².